The summed E-state index contributed by atoms with van der Waals surface area (Å²) in [5.41, 5.74) is -1.60. The predicted molar refractivity (Wildman–Crippen MR) is 126 cm³/mol. The Morgan fingerprint density at radius 2 is 1.38 bits per heavy atom. The van der Waals surface area contributed by atoms with Gasteiger partial charge < -0.3 is 23.7 Å². The first-order valence-electron chi connectivity index (χ1n) is 11.1. The molecule has 198 valence electrons. The largest absolute Gasteiger partial charge is 0.463 e. The van der Waals surface area contributed by atoms with Crippen LogP contribution in [0.2, 0.25) is 0 Å². The van der Waals surface area contributed by atoms with E-state index >= 15 is 0 Å². The van der Waals surface area contributed by atoms with Crippen LogP contribution in [0.4, 0.5) is 0 Å². The van der Waals surface area contributed by atoms with Crippen molar-refractivity contribution < 1.29 is 52.5 Å². The van der Waals surface area contributed by atoms with E-state index in [2.05, 4.69) is 0 Å². The van der Waals surface area contributed by atoms with Gasteiger partial charge in [-0.15, -0.1) is 11.8 Å². The quantitative estimate of drug-likeness (QED) is 0.392. The van der Waals surface area contributed by atoms with E-state index in [1.54, 1.807) is 12.1 Å². The van der Waals surface area contributed by atoms with Gasteiger partial charge in [-0.3, -0.25) is 34.2 Å². The van der Waals surface area contributed by atoms with Crippen molar-refractivity contribution in [3.63, 3.8) is 0 Å². The van der Waals surface area contributed by atoms with Gasteiger partial charge in [0.1, 0.15) is 29.1 Å². The Balaban J connectivity index is 2.02. The Hall–Kier alpha value is -3.58. The van der Waals surface area contributed by atoms with Gasteiger partial charge in [-0.25, -0.2) is 0 Å². The molecule has 1 aliphatic carbocycles. The zero-order valence-electron chi connectivity index (χ0n) is 20.4. The summed E-state index contributed by atoms with van der Waals surface area (Å²) in [4.78, 5) is 73.3. The molecule has 1 fully saturated rings. The minimum absolute atomic E-state index is 0.0934. The predicted octanol–water partition coefficient (Wildman–Crippen LogP) is 1.27. The van der Waals surface area contributed by atoms with Crippen molar-refractivity contribution in [3.8, 4) is 0 Å². The van der Waals surface area contributed by atoms with Gasteiger partial charge >= 0.3 is 23.9 Å². The number of thioether (sulfide) groups is 1. The number of rotatable bonds is 7. The highest BCUT2D eigenvalue weighted by Gasteiger charge is 2.54. The second-order valence-electron chi connectivity index (χ2n) is 8.24. The lowest BCUT2D eigenvalue weighted by Crippen LogP contribution is -2.62. The van der Waals surface area contributed by atoms with E-state index in [1.807, 2.05) is 0 Å². The summed E-state index contributed by atoms with van der Waals surface area (Å²) in [5.74, 6) is -4.26. The SMILES string of the molecule is CC(=O)OC[C@@H]1O[C@@H](S[C@H]2C(=N)C(=O)c3ccccc3C2=O)[C@H](OC(C)=O)[C@@H](OC(C)=O)[C@@H]1OC(C)=O. The molecule has 0 spiro atoms. The second kappa shape index (κ2) is 11.6. The van der Waals surface area contributed by atoms with Crippen LogP contribution in [-0.4, -0.2) is 82.9 Å². The zero-order valence-corrected chi connectivity index (χ0v) is 21.2. The molecule has 1 N–H and O–H groups in total. The Kier molecular flexibility index (Phi) is 8.81. The van der Waals surface area contributed by atoms with Crippen LogP contribution in [0.15, 0.2) is 24.3 Å². The molecule has 37 heavy (non-hydrogen) atoms. The Morgan fingerprint density at radius 1 is 0.838 bits per heavy atom. The minimum atomic E-state index is -1.42. The van der Waals surface area contributed by atoms with Crippen molar-refractivity contribution in [3.05, 3.63) is 35.4 Å². The second-order valence-corrected chi connectivity index (χ2v) is 9.44. The molecular formula is C24H25NO11S. The van der Waals surface area contributed by atoms with Crippen LogP contribution in [0.5, 0.6) is 0 Å². The van der Waals surface area contributed by atoms with E-state index in [9.17, 15) is 28.8 Å². The molecule has 0 amide bonds. The Labute approximate surface area is 215 Å². The molecule has 1 heterocycles. The lowest BCUT2D eigenvalue weighted by Gasteiger charge is -2.44. The van der Waals surface area contributed by atoms with Gasteiger partial charge in [0.05, 0.1) is 0 Å². The van der Waals surface area contributed by atoms with Gasteiger partial charge in [0.25, 0.3) is 0 Å². The van der Waals surface area contributed by atoms with Crippen molar-refractivity contribution >= 4 is 52.9 Å². The molecule has 0 radical (unpaired) electrons. The average molecular weight is 536 g/mol. The maximum absolute atomic E-state index is 13.2. The number of nitrogens with one attached hydrogen (secondary N) is 1. The summed E-state index contributed by atoms with van der Waals surface area (Å²) in [5, 5.41) is 7.00. The molecule has 0 saturated carbocycles. The molecule has 12 nitrogen and oxygen atoms in total. The van der Waals surface area contributed by atoms with Gasteiger partial charge in [0, 0.05) is 38.8 Å². The molecule has 1 aromatic carbocycles. The van der Waals surface area contributed by atoms with Gasteiger partial charge in [-0.1, -0.05) is 24.3 Å². The van der Waals surface area contributed by atoms with E-state index in [0.717, 1.165) is 27.7 Å². The third-order valence-electron chi connectivity index (χ3n) is 5.40. The molecule has 13 heteroatoms. The summed E-state index contributed by atoms with van der Waals surface area (Å²) in [6.07, 6.45) is -5.41. The van der Waals surface area contributed by atoms with E-state index in [-0.39, 0.29) is 11.1 Å². The highest BCUT2D eigenvalue weighted by molar-refractivity contribution is 8.02. The number of fused-ring (bicyclic) bond motifs is 1. The first kappa shape index (κ1) is 28.0. The van der Waals surface area contributed by atoms with Crippen LogP contribution >= 0.6 is 11.8 Å². The maximum Gasteiger partial charge on any atom is 0.303 e. The number of esters is 4. The first-order chi connectivity index (χ1) is 17.4. The summed E-state index contributed by atoms with van der Waals surface area (Å²) in [6, 6.07) is 6.06. The van der Waals surface area contributed by atoms with Crippen molar-refractivity contribution in [1.82, 2.24) is 0 Å². The number of ether oxygens (including phenoxy) is 5. The van der Waals surface area contributed by atoms with Crippen LogP contribution in [-0.2, 0) is 42.9 Å². The molecule has 1 saturated heterocycles. The van der Waals surface area contributed by atoms with Crippen LogP contribution in [0.3, 0.4) is 0 Å². The van der Waals surface area contributed by atoms with Gasteiger partial charge in [0.15, 0.2) is 24.1 Å². The lowest BCUT2D eigenvalue weighted by atomic mass is 9.88. The Bertz CT molecular complexity index is 1150. The summed E-state index contributed by atoms with van der Waals surface area (Å²) < 4.78 is 27.1. The van der Waals surface area contributed by atoms with Crippen molar-refractivity contribution in [2.75, 3.05) is 6.61 Å². The highest BCUT2D eigenvalue weighted by Crippen LogP contribution is 2.38. The summed E-state index contributed by atoms with van der Waals surface area (Å²) in [6.45, 7) is 3.98. The molecule has 3 rings (SSSR count). The van der Waals surface area contributed by atoms with Gasteiger partial charge in [-0.2, -0.15) is 0 Å². The Morgan fingerprint density at radius 3 is 1.95 bits per heavy atom. The molecule has 6 atom stereocenters. The van der Waals surface area contributed by atoms with Gasteiger partial charge in [-0.05, 0) is 0 Å². The monoisotopic (exact) mass is 535 g/mol. The smallest absolute Gasteiger partial charge is 0.303 e. The standard InChI is InChI=1S/C24H25NO11S/c1-10(26)32-9-16-20(33-11(2)27)21(34-12(3)28)22(35-13(4)29)24(36-16)37-23-17(25)18(30)14-7-5-6-8-15(14)19(23)31/h5-8,16,20-25H,9H2,1-4H3/t16-,20+,21-,22+,23-,24-/m0/s1. The fraction of sp³-hybridized carbons (Fsp3) is 0.458. The molecule has 1 aliphatic heterocycles. The number of Topliss-reactive ketones (excluding diaryl/α,β-unsaturated/α-hetero) is 2. The highest BCUT2D eigenvalue weighted by atomic mass is 32.2. The average Bonchev–Trinajstić information content (AvgIpc) is 2.81. The first-order valence-corrected chi connectivity index (χ1v) is 12.1. The molecule has 0 aromatic heterocycles. The zero-order chi connectivity index (χ0) is 27.4. The van der Waals surface area contributed by atoms with E-state index in [1.165, 1.54) is 12.1 Å². The number of carbonyl (C=O) groups is 6. The third kappa shape index (κ3) is 6.41. The van der Waals surface area contributed by atoms with E-state index in [0.29, 0.717) is 11.8 Å². The van der Waals surface area contributed by atoms with Crippen molar-refractivity contribution in [1.29, 1.82) is 5.41 Å². The molecule has 0 unspecified atom stereocenters. The van der Waals surface area contributed by atoms with E-state index in [4.69, 9.17) is 29.1 Å². The lowest BCUT2D eigenvalue weighted by molar-refractivity contribution is -0.237. The fourth-order valence-electron chi connectivity index (χ4n) is 3.99. The normalized spacial score (nSPS) is 27.1. The number of hydrogen-bond acceptors (Lipinski definition) is 13. The number of hydrogen-bond donors (Lipinski definition) is 1. The molecule has 1 aromatic rings. The minimum Gasteiger partial charge on any atom is -0.463 e. The topological polar surface area (TPSA) is 172 Å². The van der Waals surface area contributed by atoms with Crippen LogP contribution in [0.25, 0.3) is 0 Å². The summed E-state index contributed by atoms with van der Waals surface area (Å²) >= 11 is 0.698. The fourth-order valence-corrected chi connectivity index (χ4v) is 5.33. The van der Waals surface area contributed by atoms with Crippen molar-refractivity contribution in [2.24, 2.45) is 0 Å². The molecular weight excluding hydrogens is 510 g/mol. The summed E-state index contributed by atoms with van der Waals surface area (Å²) in [7, 11) is 0. The van der Waals surface area contributed by atoms with Gasteiger partial charge in [0.2, 0.25) is 5.78 Å². The molecule has 2 aliphatic rings. The van der Waals surface area contributed by atoms with Crippen molar-refractivity contribution in [2.45, 2.75) is 62.8 Å². The number of ketones is 2. The molecule has 0 bridgehead atoms. The van der Waals surface area contributed by atoms with Crippen LogP contribution in [0.1, 0.15) is 48.4 Å². The van der Waals surface area contributed by atoms with Crippen LogP contribution in [0, 0.1) is 5.41 Å². The maximum atomic E-state index is 13.2. The third-order valence-corrected chi connectivity index (χ3v) is 6.77. The number of carbonyl (C=O) groups excluding carboxylic acids is 6. The van der Waals surface area contributed by atoms with E-state index < -0.39 is 82.9 Å². The van der Waals surface area contributed by atoms with Crippen LogP contribution < -0.4 is 0 Å². The number of benzene rings is 1.